The number of pyridine rings is 1. The number of amides is 1. The van der Waals surface area contributed by atoms with Crippen LogP contribution >= 0.6 is 15.9 Å². The van der Waals surface area contributed by atoms with Gasteiger partial charge in [-0.1, -0.05) is 0 Å². The summed E-state index contributed by atoms with van der Waals surface area (Å²) in [4.78, 5) is 21.7. The molecule has 1 aliphatic heterocycles. The van der Waals surface area contributed by atoms with Gasteiger partial charge in [-0.05, 0) is 49.1 Å². The molecule has 0 fully saturated rings. The van der Waals surface area contributed by atoms with Gasteiger partial charge in [0, 0.05) is 48.4 Å². The van der Waals surface area contributed by atoms with Gasteiger partial charge in [-0.25, -0.2) is 4.98 Å². The van der Waals surface area contributed by atoms with Gasteiger partial charge < -0.3 is 14.4 Å². The van der Waals surface area contributed by atoms with Gasteiger partial charge in [-0.2, -0.15) is 0 Å². The Hall–Kier alpha value is -2.31. The van der Waals surface area contributed by atoms with Crippen LogP contribution in [0.3, 0.4) is 0 Å². The molecule has 28 heavy (non-hydrogen) atoms. The largest absolute Gasteiger partial charge is 0.338 e. The second-order valence-electron chi connectivity index (χ2n) is 7.83. The van der Waals surface area contributed by atoms with Crippen LogP contribution in [-0.2, 0) is 7.05 Å². The Bertz CT molecular complexity index is 1040. The summed E-state index contributed by atoms with van der Waals surface area (Å²) in [6, 6.07) is 3.90. The third kappa shape index (κ3) is 3.42. The highest BCUT2D eigenvalue weighted by molar-refractivity contribution is 9.10. The highest BCUT2D eigenvalue weighted by Crippen LogP contribution is 2.33. The van der Waals surface area contributed by atoms with E-state index in [0.29, 0.717) is 18.8 Å². The van der Waals surface area contributed by atoms with Gasteiger partial charge in [-0.3, -0.25) is 4.79 Å². The number of carbonyl (C=O) groups excluding carboxylic acids is 1. The van der Waals surface area contributed by atoms with Crippen molar-refractivity contribution in [1.82, 2.24) is 19.4 Å². The van der Waals surface area contributed by atoms with Crippen LogP contribution in [0.2, 0.25) is 0 Å². The number of carbonyl (C=O) groups is 1. The monoisotopic (exact) mass is 439 g/mol. The van der Waals surface area contributed by atoms with Crippen LogP contribution in [0.15, 0.2) is 57.9 Å². The van der Waals surface area contributed by atoms with Gasteiger partial charge in [0.25, 0.3) is 5.91 Å². The van der Waals surface area contributed by atoms with Gasteiger partial charge in [0.2, 0.25) is 0 Å². The molecular weight excluding hydrogens is 416 g/mol. The number of fused-ring (bicyclic) bond motifs is 2. The molecule has 0 saturated heterocycles. The maximum atomic E-state index is 13.3. The molecule has 4 rings (SSSR count). The van der Waals surface area contributed by atoms with Crippen LogP contribution in [0.25, 0.3) is 10.9 Å². The summed E-state index contributed by atoms with van der Waals surface area (Å²) in [6.45, 7) is 4.33. The first-order valence-electron chi connectivity index (χ1n) is 9.33. The number of hydrogen-bond acceptors (Lipinski definition) is 3. The topological polar surface area (TPSA) is 41.4 Å². The molecule has 144 valence electrons. The van der Waals surface area contributed by atoms with E-state index in [1.807, 2.05) is 28.6 Å². The summed E-state index contributed by atoms with van der Waals surface area (Å²) < 4.78 is 2.71. The minimum Gasteiger partial charge on any atom is -0.338 e. The molecule has 0 atom stereocenters. The van der Waals surface area contributed by atoms with Crippen molar-refractivity contribution in [3.05, 3.63) is 69.5 Å². The van der Waals surface area contributed by atoms with Crippen LogP contribution in [0.5, 0.6) is 0 Å². The Balaban J connectivity index is 1.62. The first kappa shape index (κ1) is 19.0. The van der Waals surface area contributed by atoms with E-state index in [2.05, 4.69) is 65.1 Å². The van der Waals surface area contributed by atoms with Crippen molar-refractivity contribution >= 4 is 32.7 Å². The zero-order valence-corrected chi connectivity index (χ0v) is 18.2. The van der Waals surface area contributed by atoms with Gasteiger partial charge in [-0.15, -0.1) is 0 Å². The van der Waals surface area contributed by atoms with E-state index in [-0.39, 0.29) is 5.91 Å². The number of hydrogen-bond donors (Lipinski definition) is 0. The number of allylic oxidation sites excluding steroid dienone is 1. The van der Waals surface area contributed by atoms with Crippen LogP contribution in [-0.4, -0.2) is 59.0 Å². The van der Waals surface area contributed by atoms with Crippen molar-refractivity contribution in [2.45, 2.75) is 6.92 Å². The van der Waals surface area contributed by atoms with E-state index < -0.39 is 0 Å². The van der Waals surface area contributed by atoms with E-state index in [1.54, 1.807) is 6.20 Å². The Morgan fingerprint density at radius 3 is 2.89 bits per heavy atom. The summed E-state index contributed by atoms with van der Waals surface area (Å²) in [5.74, 6) is 1.26. The fourth-order valence-electron chi connectivity index (χ4n) is 3.97. The fraction of sp³-hybridized carbons (Fsp3) is 0.318. The van der Waals surface area contributed by atoms with Gasteiger partial charge in [0.05, 0.1) is 30.7 Å². The molecule has 2 aliphatic rings. The Labute approximate surface area is 174 Å². The predicted octanol–water partition coefficient (Wildman–Crippen LogP) is 3.74. The summed E-state index contributed by atoms with van der Waals surface area (Å²) >= 11 is 3.40. The second-order valence-corrected chi connectivity index (χ2v) is 8.64. The third-order valence-electron chi connectivity index (χ3n) is 5.32. The van der Waals surface area contributed by atoms with Gasteiger partial charge >= 0.3 is 0 Å². The molecule has 2 aromatic heterocycles. The smallest absolute Gasteiger partial charge is 0.272 e. The number of halogens is 1. The van der Waals surface area contributed by atoms with E-state index in [9.17, 15) is 4.79 Å². The van der Waals surface area contributed by atoms with Crippen LogP contribution in [0.1, 0.15) is 17.4 Å². The molecule has 0 N–H and O–H groups in total. The van der Waals surface area contributed by atoms with Gasteiger partial charge in [0.15, 0.2) is 0 Å². The molecule has 1 amide bonds. The van der Waals surface area contributed by atoms with Crippen molar-refractivity contribution in [3.8, 4) is 0 Å². The predicted molar refractivity (Wildman–Crippen MR) is 116 cm³/mol. The molecule has 0 unspecified atom stereocenters. The molecule has 6 heteroatoms. The number of rotatable bonds is 3. The quantitative estimate of drug-likeness (QED) is 0.540. The number of nitrogens with zero attached hydrogens (tertiary/aromatic N) is 4. The lowest BCUT2D eigenvalue weighted by molar-refractivity contribution is 0.0764. The number of aryl methyl sites for hydroxylation is 1. The van der Waals surface area contributed by atoms with E-state index in [0.717, 1.165) is 22.1 Å². The van der Waals surface area contributed by atoms with Crippen molar-refractivity contribution < 1.29 is 4.79 Å². The molecule has 5 nitrogen and oxygen atoms in total. The zero-order valence-electron chi connectivity index (χ0n) is 16.7. The Morgan fingerprint density at radius 2 is 2.14 bits per heavy atom. The van der Waals surface area contributed by atoms with Crippen molar-refractivity contribution in [2.75, 3.05) is 33.7 Å². The molecule has 0 radical (unpaired) electrons. The first-order chi connectivity index (χ1) is 13.3. The average molecular weight is 440 g/mol. The fourth-order valence-corrected chi connectivity index (χ4v) is 4.32. The molecule has 2 aromatic rings. The number of likely N-dealkylation sites (N-methyl/N-ethyl adjacent to an activating group) is 1. The normalized spacial score (nSPS) is 16.9. The molecule has 0 bridgehead atoms. The third-order valence-corrected chi connectivity index (χ3v) is 5.76. The maximum absolute atomic E-state index is 13.3. The summed E-state index contributed by atoms with van der Waals surface area (Å²) in [5.41, 5.74) is 5.47. The minimum atomic E-state index is 0.0530. The molecule has 3 heterocycles. The summed E-state index contributed by atoms with van der Waals surface area (Å²) in [7, 11) is 6.08. The van der Waals surface area contributed by atoms with Crippen LogP contribution in [0, 0.1) is 5.92 Å². The second kappa shape index (κ2) is 7.26. The maximum Gasteiger partial charge on any atom is 0.272 e. The van der Waals surface area contributed by atoms with Crippen molar-refractivity contribution in [3.63, 3.8) is 0 Å². The molecule has 0 spiro atoms. The highest BCUT2D eigenvalue weighted by atomic mass is 79.9. The number of aromatic nitrogens is 2. The summed E-state index contributed by atoms with van der Waals surface area (Å²) in [6.07, 6.45) is 8.40. The standard InChI is InChI=1S/C22H24BrN4O/c1-14-11-27(13-16-6-5-15(7-18(14)16)12-25(2)3)22(28)19-8-17-9-21(23)24-10-20(17)26(19)4/h5-10H,11-13H2,1-4H3/q+1. The van der Waals surface area contributed by atoms with Crippen LogP contribution in [0.4, 0.5) is 0 Å². The SMILES string of the molecule is CC1=C2C=C(CN(C)C)C=C[C+]2CN(C(=O)c2cc3cc(Br)ncc3n2C)C1. The lowest BCUT2D eigenvalue weighted by Crippen LogP contribution is -2.40. The highest BCUT2D eigenvalue weighted by Gasteiger charge is 2.35. The first-order valence-corrected chi connectivity index (χ1v) is 10.1. The lowest BCUT2D eigenvalue weighted by atomic mass is 9.84. The van der Waals surface area contributed by atoms with Crippen molar-refractivity contribution in [2.24, 2.45) is 7.05 Å². The zero-order chi connectivity index (χ0) is 20.0. The molecule has 0 saturated carbocycles. The van der Waals surface area contributed by atoms with E-state index >= 15 is 0 Å². The molecular formula is C22H24BrN4O+. The molecule has 1 aliphatic carbocycles. The Morgan fingerprint density at radius 1 is 1.36 bits per heavy atom. The Kier molecular flexibility index (Phi) is 4.93. The minimum absolute atomic E-state index is 0.0530. The summed E-state index contributed by atoms with van der Waals surface area (Å²) in [5, 5.41) is 1.01. The van der Waals surface area contributed by atoms with E-state index in [1.165, 1.54) is 22.6 Å². The lowest BCUT2D eigenvalue weighted by Gasteiger charge is -2.30. The van der Waals surface area contributed by atoms with Crippen LogP contribution < -0.4 is 0 Å². The molecule has 0 aromatic carbocycles. The van der Waals surface area contributed by atoms with Crippen molar-refractivity contribution in [1.29, 1.82) is 0 Å². The van der Waals surface area contributed by atoms with Gasteiger partial charge in [0.1, 0.15) is 15.9 Å². The van der Waals surface area contributed by atoms with E-state index in [4.69, 9.17) is 0 Å². The average Bonchev–Trinajstić information content (AvgIpc) is 2.96.